The van der Waals surface area contributed by atoms with Crippen LogP contribution < -0.4 is 0 Å². The topological polar surface area (TPSA) is 0 Å². The second-order valence-electron chi connectivity index (χ2n) is 9.14. The molecule has 0 nitrogen and oxygen atoms in total. The molecule has 144 valence electrons. The molecule has 0 aliphatic rings. The molecule has 0 N–H and O–H groups in total. The van der Waals surface area contributed by atoms with Crippen LogP contribution in [-0.2, 0) is 0 Å². The van der Waals surface area contributed by atoms with Gasteiger partial charge in [-0.15, -0.1) is 0 Å². The van der Waals surface area contributed by atoms with E-state index in [1.807, 2.05) is 0 Å². The molecule has 1 aromatic carbocycles. The lowest BCUT2D eigenvalue weighted by molar-refractivity contribution is 0.721. The van der Waals surface area contributed by atoms with Gasteiger partial charge in [-0.1, -0.05) is 50.0 Å². The van der Waals surface area contributed by atoms with Gasteiger partial charge < -0.3 is 40.2 Å². The molecular formula is C18H32AlCl4PSi. The zero-order valence-corrected chi connectivity index (χ0v) is 23.0. The monoisotopic (exact) mass is 474 g/mol. The Bertz CT molecular complexity index is 554. The Morgan fingerprint density at radius 1 is 0.800 bits per heavy atom. The van der Waals surface area contributed by atoms with Crippen LogP contribution in [0.25, 0.3) is 0 Å². The summed E-state index contributed by atoms with van der Waals surface area (Å²) in [6, 6.07) is 11.1. The number of rotatable bonds is 2. The molecule has 1 rings (SSSR count). The summed E-state index contributed by atoms with van der Waals surface area (Å²) in [5.41, 5.74) is 1.49. The largest absolute Gasteiger partial charge is 0.564 e. The van der Waals surface area contributed by atoms with Gasteiger partial charge in [-0.05, 0) is 41.5 Å². The predicted octanol–water partition coefficient (Wildman–Crippen LogP) is 8.54. The highest BCUT2D eigenvalue weighted by Gasteiger charge is 2.46. The molecule has 0 fully saturated rings. The molecule has 1 aromatic rings. The second-order valence-corrected chi connectivity index (χ2v) is 31.2. The van der Waals surface area contributed by atoms with Crippen LogP contribution in [0.2, 0.25) is 19.6 Å². The van der Waals surface area contributed by atoms with E-state index in [-0.39, 0.29) is 7.55 Å². The maximum absolute atomic E-state index is 4.99. The molecule has 0 saturated heterocycles. The Morgan fingerprint density at radius 3 is 1.36 bits per heavy atom. The summed E-state index contributed by atoms with van der Waals surface area (Å²) in [5, 5.41) is 0.693. The molecule has 0 aromatic heterocycles. The Labute approximate surface area is 176 Å². The first kappa shape index (κ1) is 26.3. The maximum Gasteiger partial charge on any atom is 0.564 e. The molecule has 0 spiro atoms. The minimum atomic E-state index is -2.94. The fourth-order valence-corrected chi connectivity index (χ4v) is 12.7. The highest BCUT2D eigenvalue weighted by molar-refractivity contribution is 7.81. The molecule has 0 aliphatic carbocycles. The van der Waals surface area contributed by atoms with E-state index in [1.165, 1.54) is 5.56 Å². The van der Waals surface area contributed by atoms with Crippen LogP contribution in [0, 0.1) is 0 Å². The van der Waals surface area contributed by atoms with Crippen molar-refractivity contribution in [3.63, 3.8) is 0 Å². The normalized spacial score (nSPS) is 13.0. The summed E-state index contributed by atoms with van der Waals surface area (Å²) >= 11 is 0. The van der Waals surface area contributed by atoms with Gasteiger partial charge in [0.25, 0.3) is 0 Å². The molecule has 0 radical (unpaired) electrons. The van der Waals surface area contributed by atoms with Gasteiger partial charge in [0.1, 0.15) is 30.8 Å². The fraction of sp³-hybridized carbons (Fsp3) is 0.611. The summed E-state index contributed by atoms with van der Waals surface area (Å²) in [4.78, 5) is 1.79. The van der Waals surface area contributed by atoms with E-state index in [9.17, 15) is 0 Å². The lowest BCUT2D eigenvalue weighted by Gasteiger charge is -2.30. The van der Waals surface area contributed by atoms with Crippen molar-refractivity contribution in [2.24, 2.45) is 0 Å². The van der Waals surface area contributed by atoms with Crippen LogP contribution in [0.4, 0.5) is 0 Å². The van der Waals surface area contributed by atoms with Crippen LogP contribution in [0.15, 0.2) is 30.3 Å². The zero-order valence-electron chi connectivity index (χ0n) is 16.9. The van der Waals surface area contributed by atoms with Crippen LogP contribution in [-0.4, -0.2) is 32.7 Å². The lowest BCUT2D eigenvalue weighted by atomic mass is 10.2. The van der Waals surface area contributed by atoms with Gasteiger partial charge in [0.15, 0.2) is 0 Å². The molecule has 0 bridgehead atoms. The van der Waals surface area contributed by atoms with E-state index in [0.717, 1.165) is 0 Å². The smallest absolute Gasteiger partial charge is 0.391 e. The van der Waals surface area contributed by atoms with Gasteiger partial charge >= 0.3 is 9.39 Å². The van der Waals surface area contributed by atoms with Crippen molar-refractivity contribution < 1.29 is 0 Å². The Hall–Kier alpha value is 1.30. The van der Waals surface area contributed by atoms with E-state index >= 15 is 0 Å². The quantitative estimate of drug-likeness (QED) is 0.296. The van der Waals surface area contributed by atoms with Crippen molar-refractivity contribution in [3.8, 4) is 0 Å². The minimum absolute atomic E-state index is 0.192. The molecule has 7 heteroatoms. The Balaban J connectivity index is 0.00000101. The summed E-state index contributed by atoms with van der Waals surface area (Å²) in [5.74, 6) is 0. The third kappa shape index (κ3) is 11.0. The summed E-state index contributed by atoms with van der Waals surface area (Å²) in [6.45, 7) is 22.0. The SMILES string of the molecule is CC(C)(C)[P+](=C(c1ccccc1)[Si](C)(C)C)C(C)(C)C.[Cl][Al-]([Cl])([Cl])[Cl]. The van der Waals surface area contributed by atoms with Gasteiger partial charge in [-0.25, -0.2) is 0 Å². The Kier molecular flexibility index (Phi) is 10.2. The van der Waals surface area contributed by atoms with Crippen LogP contribution in [0.3, 0.4) is 0 Å². The standard InChI is InChI=1S/C18H32PSi.Al.4ClH/c1-17(2,3)19(18(4,5)6)16(20(7,8)9)15-13-11-10-12-14-15;;;;;/h10-14H,1-9H3;;4*1H/q+1;+3;;;;/p-4. The number of hydrogen-bond acceptors (Lipinski definition) is 0. The number of hydrogen-bond donors (Lipinski definition) is 0. The first-order chi connectivity index (χ1) is 10.8. The molecule has 0 atom stereocenters. The van der Waals surface area contributed by atoms with Gasteiger partial charge in [0.2, 0.25) is 0 Å². The fourth-order valence-electron chi connectivity index (χ4n) is 3.17. The van der Waals surface area contributed by atoms with Gasteiger partial charge in [0, 0.05) is 5.56 Å². The van der Waals surface area contributed by atoms with E-state index in [4.69, 9.17) is 40.2 Å². The average Bonchev–Trinajstić information content (AvgIpc) is 2.30. The van der Waals surface area contributed by atoms with Crippen LogP contribution >= 0.6 is 47.7 Å². The second kappa shape index (κ2) is 9.67. The Morgan fingerprint density at radius 2 is 1.12 bits per heavy atom. The molecule has 0 unspecified atom stereocenters. The first-order valence-electron chi connectivity index (χ1n) is 8.45. The van der Waals surface area contributed by atoms with Crippen molar-refractivity contribution >= 4 is 70.1 Å². The van der Waals surface area contributed by atoms with Crippen molar-refractivity contribution in [1.82, 2.24) is 0 Å². The highest BCUT2D eigenvalue weighted by atomic mass is 35.9. The molecule has 0 amide bonds. The minimum Gasteiger partial charge on any atom is -0.391 e. The van der Waals surface area contributed by atoms with E-state index in [2.05, 4.69) is 91.5 Å². The highest BCUT2D eigenvalue weighted by Crippen LogP contribution is 2.54. The summed E-state index contributed by atoms with van der Waals surface area (Å²) in [6.07, 6.45) is 0. The molecule has 0 saturated carbocycles. The number of halogens is 4. The molecule has 0 heterocycles. The van der Waals surface area contributed by atoms with E-state index in [0.29, 0.717) is 10.3 Å². The zero-order chi connectivity index (χ0) is 20.3. The molecule has 25 heavy (non-hydrogen) atoms. The van der Waals surface area contributed by atoms with Crippen LogP contribution in [0.1, 0.15) is 47.1 Å². The third-order valence-electron chi connectivity index (χ3n) is 3.32. The molecular weight excluding hydrogens is 444 g/mol. The van der Waals surface area contributed by atoms with Gasteiger partial charge in [0.05, 0.1) is 0 Å². The summed E-state index contributed by atoms with van der Waals surface area (Å²) < 4.78 is 0. The molecule has 0 aliphatic heterocycles. The van der Waals surface area contributed by atoms with E-state index in [1.54, 1.807) is 4.92 Å². The predicted molar refractivity (Wildman–Crippen MR) is 129 cm³/mol. The average molecular weight is 476 g/mol. The third-order valence-corrected chi connectivity index (χ3v) is 11.1. The summed E-state index contributed by atoms with van der Waals surface area (Å²) in [7, 11) is 15.5. The maximum atomic E-state index is 4.99. The van der Waals surface area contributed by atoms with Crippen molar-refractivity contribution in [2.75, 3.05) is 0 Å². The van der Waals surface area contributed by atoms with Crippen molar-refractivity contribution in [1.29, 1.82) is 0 Å². The lowest BCUT2D eigenvalue weighted by Crippen LogP contribution is -2.38. The van der Waals surface area contributed by atoms with Gasteiger partial charge in [-0.3, -0.25) is 0 Å². The van der Waals surface area contributed by atoms with E-state index < -0.39 is 17.5 Å². The number of benzene rings is 1. The first-order valence-corrected chi connectivity index (χ1v) is 20.3. The van der Waals surface area contributed by atoms with Crippen molar-refractivity contribution in [2.45, 2.75) is 71.5 Å². The van der Waals surface area contributed by atoms with Gasteiger partial charge in [-0.2, -0.15) is 0 Å². The van der Waals surface area contributed by atoms with Crippen molar-refractivity contribution in [3.05, 3.63) is 35.9 Å². The van der Waals surface area contributed by atoms with Crippen LogP contribution in [0.5, 0.6) is 0 Å².